The number of hydrogen-bond donors (Lipinski definition) is 1. The predicted octanol–water partition coefficient (Wildman–Crippen LogP) is 3.96. The van der Waals surface area contributed by atoms with Crippen LogP contribution in [0.3, 0.4) is 0 Å². The Hall–Kier alpha value is -1.96. The van der Waals surface area contributed by atoms with E-state index in [2.05, 4.69) is 5.32 Å². The second-order valence-electron chi connectivity index (χ2n) is 6.72. The summed E-state index contributed by atoms with van der Waals surface area (Å²) in [5, 5.41) is 3.18. The normalized spacial score (nSPS) is 12.3. The number of hydrogen-bond acceptors (Lipinski definition) is 4. The Labute approximate surface area is 181 Å². The Kier molecular flexibility index (Phi) is 7.80. The van der Waals surface area contributed by atoms with Crippen molar-refractivity contribution in [3.05, 3.63) is 57.6 Å². The van der Waals surface area contributed by atoms with Crippen LogP contribution >= 0.6 is 23.2 Å². The highest BCUT2D eigenvalue weighted by Crippen LogP contribution is 2.32. The molecule has 9 heteroatoms. The molecule has 1 amide bonds. The molecule has 0 aliphatic carbocycles. The van der Waals surface area contributed by atoms with Crippen LogP contribution < -0.4 is 14.4 Å². The molecule has 0 saturated carbocycles. The summed E-state index contributed by atoms with van der Waals surface area (Å²) in [6.45, 7) is 5.96. The van der Waals surface area contributed by atoms with Gasteiger partial charge in [0.2, 0.25) is 15.9 Å². The highest BCUT2D eigenvalue weighted by atomic mass is 35.5. The van der Waals surface area contributed by atoms with Crippen LogP contribution in [0.1, 0.15) is 18.1 Å². The summed E-state index contributed by atoms with van der Waals surface area (Å²) in [5.74, 6) is 0.231. The zero-order valence-corrected chi connectivity index (χ0v) is 19.0. The van der Waals surface area contributed by atoms with Crippen LogP contribution in [0.5, 0.6) is 5.75 Å². The Balaban J connectivity index is 2.04. The molecule has 1 N–H and O–H groups in total. The van der Waals surface area contributed by atoms with Crippen molar-refractivity contribution in [2.45, 2.75) is 26.8 Å². The Morgan fingerprint density at radius 1 is 1.14 bits per heavy atom. The first kappa shape index (κ1) is 23.3. The second kappa shape index (κ2) is 9.69. The average molecular weight is 459 g/mol. The summed E-state index contributed by atoms with van der Waals surface area (Å²) in [6.07, 6.45) is 1.01. The van der Waals surface area contributed by atoms with Gasteiger partial charge in [-0.2, -0.15) is 0 Å². The first-order valence-electron chi connectivity index (χ1n) is 8.93. The maximum Gasteiger partial charge on any atom is 0.243 e. The van der Waals surface area contributed by atoms with Gasteiger partial charge in [-0.3, -0.25) is 9.10 Å². The molecule has 0 bridgehead atoms. The zero-order chi connectivity index (χ0) is 21.8. The van der Waals surface area contributed by atoms with Gasteiger partial charge in [-0.1, -0.05) is 29.3 Å². The molecule has 0 fully saturated rings. The van der Waals surface area contributed by atoms with Crippen molar-refractivity contribution in [1.82, 2.24) is 5.32 Å². The standard InChI is InChI=1S/C20H24Cl2N2O4S/c1-13-5-7-17(11-14(13)2)28-10-9-23-20(25)15(3)24(29(4,26)27)19-12-16(21)6-8-18(19)22/h5-8,11-12,15H,9-10H2,1-4H3,(H,23,25)/t15-/m0/s1. The van der Waals surface area contributed by atoms with E-state index < -0.39 is 22.0 Å². The fraction of sp³-hybridized carbons (Fsp3) is 0.350. The van der Waals surface area contributed by atoms with Crippen LogP contribution in [0.25, 0.3) is 0 Å². The van der Waals surface area contributed by atoms with Crippen molar-refractivity contribution >= 4 is 44.8 Å². The number of anilines is 1. The van der Waals surface area contributed by atoms with Crippen molar-refractivity contribution < 1.29 is 17.9 Å². The van der Waals surface area contributed by atoms with Gasteiger partial charge in [-0.25, -0.2) is 8.42 Å². The van der Waals surface area contributed by atoms with E-state index in [0.717, 1.165) is 16.1 Å². The van der Waals surface area contributed by atoms with Gasteiger partial charge in [0.25, 0.3) is 0 Å². The van der Waals surface area contributed by atoms with E-state index in [-0.39, 0.29) is 23.9 Å². The lowest BCUT2D eigenvalue weighted by Crippen LogP contribution is -2.48. The molecule has 0 heterocycles. The van der Waals surface area contributed by atoms with Crippen LogP contribution in [-0.2, 0) is 14.8 Å². The van der Waals surface area contributed by atoms with E-state index in [1.807, 2.05) is 32.0 Å². The minimum atomic E-state index is -3.79. The molecule has 0 aliphatic heterocycles. The van der Waals surface area contributed by atoms with E-state index in [1.54, 1.807) is 6.07 Å². The molecule has 0 unspecified atom stereocenters. The fourth-order valence-corrected chi connectivity index (χ4v) is 4.33. The summed E-state index contributed by atoms with van der Waals surface area (Å²) in [7, 11) is -3.79. The highest BCUT2D eigenvalue weighted by molar-refractivity contribution is 7.92. The number of rotatable bonds is 8. The smallest absolute Gasteiger partial charge is 0.243 e. The van der Waals surface area contributed by atoms with Crippen LogP contribution in [0, 0.1) is 13.8 Å². The van der Waals surface area contributed by atoms with Gasteiger partial charge >= 0.3 is 0 Å². The van der Waals surface area contributed by atoms with Gasteiger partial charge in [-0.15, -0.1) is 0 Å². The molecule has 6 nitrogen and oxygen atoms in total. The van der Waals surface area contributed by atoms with Gasteiger partial charge < -0.3 is 10.1 Å². The lowest BCUT2D eigenvalue weighted by molar-refractivity contribution is -0.121. The van der Waals surface area contributed by atoms with Crippen molar-refractivity contribution in [1.29, 1.82) is 0 Å². The van der Waals surface area contributed by atoms with Gasteiger partial charge in [-0.05, 0) is 62.2 Å². The first-order valence-corrected chi connectivity index (χ1v) is 11.5. The number of carbonyl (C=O) groups is 1. The molecule has 2 aromatic carbocycles. The van der Waals surface area contributed by atoms with Crippen LogP contribution in [0.2, 0.25) is 10.0 Å². The number of sulfonamides is 1. The van der Waals surface area contributed by atoms with Crippen molar-refractivity contribution in [3.63, 3.8) is 0 Å². The topological polar surface area (TPSA) is 75.7 Å². The molecule has 2 rings (SSSR count). The largest absolute Gasteiger partial charge is 0.492 e. The molecule has 0 aliphatic rings. The zero-order valence-electron chi connectivity index (χ0n) is 16.7. The summed E-state index contributed by atoms with van der Waals surface area (Å²) < 4.78 is 31.3. The van der Waals surface area contributed by atoms with Gasteiger partial charge in [0, 0.05) is 5.02 Å². The quantitative estimate of drug-likeness (QED) is 0.607. The Bertz CT molecular complexity index is 996. The third-order valence-corrected chi connectivity index (χ3v) is 6.16. The highest BCUT2D eigenvalue weighted by Gasteiger charge is 2.30. The monoisotopic (exact) mass is 458 g/mol. The lowest BCUT2D eigenvalue weighted by Gasteiger charge is -2.29. The maximum absolute atomic E-state index is 12.6. The van der Waals surface area contributed by atoms with Crippen molar-refractivity contribution in [3.8, 4) is 5.75 Å². The minimum absolute atomic E-state index is 0.149. The number of ether oxygens (including phenoxy) is 1. The molecule has 2 aromatic rings. The maximum atomic E-state index is 12.6. The number of carbonyl (C=O) groups excluding carboxylic acids is 1. The average Bonchev–Trinajstić information content (AvgIpc) is 2.63. The van der Waals surface area contributed by atoms with Gasteiger partial charge in [0.05, 0.1) is 23.5 Å². The Morgan fingerprint density at radius 2 is 1.83 bits per heavy atom. The summed E-state index contributed by atoms with van der Waals surface area (Å²) in [4.78, 5) is 12.6. The molecule has 0 radical (unpaired) electrons. The van der Waals surface area contributed by atoms with Crippen LogP contribution in [0.15, 0.2) is 36.4 Å². The molecule has 0 saturated heterocycles. The van der Waals surface area contributed by atoms with Crippen molar-refractivity contribution in [2.24, 2.45) is 0 Å². The number of benzene rings is 2. The number of halogens is 2. The SMILES string of the molecule is Cc1ccc(OCCNC(=O)[C@H](C)N(c2cc(Cl)ccc2Cl)S(C)(=O)=O)cc1C. The van der Waals surface area contributed by atoms with E-state index in [9.17, 15) is 13.2 Å². The minimum Gasteiger partial charge on any atom is -0.492 e. The van der Waals surface area contributed by atoms with Crippen LogP contribution in [0.4, 0.5) is 5.69 Å². The van der Waals surface area contributed by atoms with Gasteiger partial charge in [0.15, 0.2) is 0 Å². The molecule has 1 atom stereocenters. The lowest BCUT2D eigenvalue weighted by atomic mass is 10.1. The molecule has 0 aromatic heterocycles. The van der Waals surface area contributed by atoms with E-state index >= 15 is 0 Å². The number of nitrogens with zero attached hydrogens (tertiary/aromatic N) is 1. The predicted molar refractivity (Wildman–Crippen MR) is 118 cm³/mol. The third kappa shape index (κ3) is 6.26. The second-order valence-corrected chi connectivity index (χ2v) is 9.42. The first-order chi connectivity index (χ1) is 13.5. The fourth-order valence-electron chi connectivity index (χ4n) is 2.73. The molecule has 29 heavy (non-hydrogen) atoms. The molecule has 158 valence electrons. The summed E-state index contributed by atoms with van der Waals surface area (Å²) in [5.41, 5.74) is 2.43. The molecule has 0 spiro atoms. The van der Waals surface area contributed by atoms with E-state index in [4.69, 9.17) is 27.9 Å². The van der Waals surface area contributed by atoms with E-state index in [1.165, 1.54) is 24.6 Å². The number of aryl methyl sites for hydroxylation is 2. The molecular weight excluding hydrogens is 435 g/mol. The summed E-state index contributed by atoms with van der Waals surface area (Å²) in [6, 6.07) is 9.16. The van der Waals surface area contributed by atoms with Gasteiger partial charge in [0.1, 0.15) is 18.4 Å². The summed E-state index contributed by atoms with van der Waals surface area (Å²) >= 11 is 12.1. The molecular formula is C20H24Cl2N2O4S. The number of amides is 1. The third-order valence-electron chi connectivity index (χ3n) is 4.38. The van der Waals surface area contributed by atoms with Crippen molar-refractivity contribution in [2.75, 3.05) is 23.7 Å². The van der Waals surface area contributed by atoms with E-state index in [0.29, 0.717) is 10.8 Å². The number of nitrogens with one attached hydrogen (secondary N) is 1. The van der Waals surface area contributed by atoms with Crippen LogP contribution in [-0.4, -0.2) is 39.8 Å². The Morgan fingerprint density at radius 3 is 2.45 bits per heavy atom.